The molecule has 0 saturated carbocycles. The summed E-state index contributed by atoms with van der Waals surface area (Å²) in [5.74, 6) is 0.0544. The molecule has 0 aliphatic carbocycles. The van der Waals surface area contributed by atoms with Gasteiger partial charge in [-0.3, -0.25) is 9.59 Å². The Morgan fingerprint density at radius 3 is 2.36 bits per heavy atom. The highest BCUT2D eigenvalue weighted by Crippen LogP contribution is 2.29. The largest absolute Gasteiger partial charge is 0.338 e. The molecule has 0 bridgehead atoms. The van der Waals surface area contributed by atoms with Crippen LogP contribution in [0.1, 0.15) is 35.8 Å². The lowest BCUT2D eigenvalue weighted by molar-refractivity contribution is -0.133. The molecule has 0 spiro atoms. The topological polar surface area (TPSA) is 74.6 Å². The van der Waals surface area contributed by atoms with Gasteiger partial charge < -0.3 is 14.7 Å². The predicted octanol–water partition coefficient (Wildman–Crippen LogP) is 2.83. The van der Waals surface area contributed by atoms with Crippen LogP contribution in [-0.4, -0.2) is 88.1 Å². The molecule has 1 aromatic carbocycles. The molecule has 0 atom stereocenters. The second kappa shape index (κ2) is 9.31. The number of fused-ring (bicyclic) bond motifs is 1. The van der Waals surface area contributed by atoms with E-state index in [1.54, 1.807) is 6.20 Å². The Morgan fingerprint density at radius 2 is 1.73 bits per heavy atom. The predicted molar refractivity (Wildman–Crippen MR) is 129 cm³/mol. The Hall–Kier alpha value is -3.26. The fraction of sp³-hybridized carbons (Fsp3) is 0.440. The molecule has 174 valence electrons. The first-order chi connectivity index (χ1) is 15.8. The highest BCUT2D eigenvalue weighted by molar-refractivity contribution is 6.06. The Morgan fingerprint density at radius 1 is 1.06 bits per heavy atom. The summed E-state index contributed by atoms with van der Waals surface area (Å²) < 4.78 is 1.87. The first-order valence-corrected chi connectivity index (χ1v) is 11.4. The normalized spacial score (nSPS) is 14.5. The summed E-state index contributed by atoms with van der Waals surface area (Å²) in [6.07, 6.45) is 1.74. The van der Waals surface area contributed by atoms with Crippen molar-refractivity contribution in [2.24, 2.45) is 0 Å². The minimum atomic E-state index is -0.0414. The van der Waals surface area contributed by atoms with E-state index in [9.17, 15) is 9.59 Å². The maximum atomic E-state index is 13.7. The number of pyridine rings is 1. The van der Waals surface area contributed by atoms with E-state index in [0.29, 0.717) is 43.9 Å². The average Bonchev–Trinajstić information content (AvgIpc) is 3.22. The van der Waals surface area contributed by atoms with Gasteiger partial charge in [0.05, 0.1) is 29.4 Å². The van der Waals surface area contributed by atoms with Gasteiger partial charge in [-0.05, 0) is 46.5 Å². The van der Waals surface area contributed by atoms with E-state index in [4.69, 9.17) is 4.98 Å². The monoisotopic (exact) mass is 448 g/mol. The van der Waals surface area contributed by atoms with Crippen LogP contribution >= 0.6 is 0 Å². The van der Waals surface area contributed by atoms with Gasteiger partial charge in [0, 0.05) is 37.8 Å². The summed E-state index contributed by atoms with van der Waals surface area (Å²) in [5, 5.41) is 5.29. The number of amides is 2. The minimum absolute atomic E-state index is 0.0414. The van der Waals surface area contributed by atoms with Gasteiger partial charge in [-0.2, -0.15) is 5.10 Å². The second-order valence-corrected chi connectivity index (χ2v) is 9.20. The van der Waals surface area contributed by atoms with Gasteiger partial charge in [-0.15, -0.1) is 0 Å². The molecule has 4 rings (SSSR count). The van der Waals surface area contributed by atoms with Crippen LogP contribution in [0.3, 0.4) is 0 Å². The number of nitrogens with zero attached hydrogens (tertiary/aromatic N) is 6. The van der Waals surface area contributed by atoms with E-state index in [1.165, 1.54) is 0 Å². The Bertz CT molecular complexity index is 1170. The van der Waals surface area contributed by atoms with Crippen molar-refractivity contribution in [1.29, 1.82) is 0 Å². The van der Waals surface area contributed by atoms with Crippen LogP contribution in [0, 0.1) is 6.92 Å². The van der Waals surface area contributed by atoms with Gasteiger partial charge in [0.1, 0.15) is 0 Å². The van der Waals surface area contributed by atoms with Crippen molar-refractivity contribution in [3.8, 4) is 11.3 Å². The fourth-order valence-corrected chi connectivity index (χ4v) is 4.27. The van der Waals surface area contributed by atoms with E-state index >= 15 is 0 Å². The van der Waals surface area contributed by atoms with Crippen molar-refractivity contribution in [1.82, 2.24) is 29.5 Å². The lowest BCUT2D eigenvalue weighted by Gasteiger charge is -2.35. The lowest BCUT2D eigenvalue weighted by atomic mass is 10.0. The molecule has 2 aromatic heterocycles. The third-order valence-corrected chi connectivity index (χ3v) is 6.08. The number of piperazine rings is 1. The molecule has 0 N–H and O–H groups in total. The van der Waals surface area contributed by atoms with Crippen molar-refractivity contribution in [3.05, 3.63) is 47.7 Å². The molecule has 8 nitrogen and oxygen atoms in total. The molecular formula is C25H32N6O2. The average molecular weight is 449 g/mol. The number of likely N-dealkylation sites (N-methyl/N-ethyl adjacent to an activating group) is 1. The van der Waals surface area contributed by atoms with Crippen molar-refractivity contribution in [2.75, 3.05) is 46.8 Å². The smallest absolute Gasteiger partial charge is 0.254 e. The molecule has 0 unspecified atom stereocenters. The molecule has 1 saturated heterocycles. The van der Waals surface area contributed by atoms with Gasteiger partial charge in [0.2, 0.25) is 5.91 Å². The summed E-state index contributed by atoms with van der Waals surface area (Å²) in [6.45, 7) is 8.66. The van der Waals surface area contributed by atoms with Crippen LogP contribution < -0.4 is 0 Å². The van der Waals surface area contributed by atoms with Gasteiger partial charge >= 0.3 is 0 Å². The van der Waals surface area contributed by atoms with E-state index in [-0.39, 0.29) is 17.9 Å². The number of aromatic nitrogens is 3. The van der Waals surface area contributed by atoms with E-state index in [1.807, 2.05) is 70.7 Å². The van der Waals surface area contributed by atoms with E-state index in [2.05, 4.69) is 18.9 Å². The van der Waals surface area contributed by atoms with Crippen LogP contribution in [0.5, 0.6) is 0 Å². The Balaban J connectivity index is 1.68. The summed E-state index contributed by atoms with van der Waals surface area (Å²) >= 11 is 0. The molecule has 1 fully saturated rings. The Labute approximate surface area is 194 Å². The van der Waals surface area contributed by atoms with Crippen LogP contribution in [0.2, 0.25) is 0 Å². The summed E-state index contributed by atoms with van der Waals surface area (Å²) in [6, 6.07) is 10.1. The van der Waals surface area contributed by atoms with Crippen molar-refractivity contribution >= 4 is 22.8 Å². The molecule has 2 amide bonds. The highest BCUT2D eigenvalue weighted by atomic mass is 16.2. The van der Waals surface area contributed by atoms with Gasteiger partial charge in [-0.1, -0.05) is 24.3 Å². The molecule has 1 aliphatic heterocycles. The van der Waals surface area contributed by atoms with Gasteiger partial charge in [0.25, 0.3) is 5.91 Å². The van der Waals surface area contributed by atoms with Crippen molar-refractivity contribution in [3.63, 3.8) is 0 Å². The number of rotatable bonds is 5. The van der Waals surface area contributed by atoms with E-state index in [0.717, 1.165) is 22.2 Å². The quantitative estimate of drug-likeness (QED) is 0.600. The Kier molecular flexibility index (Phi) is 6.47. The third kappa shape index (κ3) is 4.61. The van der Waals surface area contributed by atoms with Crippen LogP contribution in [0.15, 0.2) is 36.5 Å². The molecule has 3 heterocycles. The molecular weight excluding hydrogens is 416 g/mol. The highest BCUT2D eigenvalue weighted by Gasteiger charge is 2.27. The SMILES string of the molecule is Cc1ccccc1-c1cc(C(=O)N2CCN(C(=O)CN(C)C)CC2)c2cnn(C(C)C)c2n1. The first kappa shape index (κ1) is 22.9. The standard InChI is InChI=1S/C25H32N6O2/c1-17(2)31-24-21(15-26-31)20(14-22(27-24)19-9-7-6-8-18(19)3)25(33)30-12-10-29(11-13-30)23(32)16-28(4)5/h6-9,14-15,17H,10-13,16H2,1-5H3. The number of benzene rings is 1. The molecule has 1 aliphatic rings. The van der Waals surface area contributed by atoms with Crippen LogP contribution in [-0.2, 0) is 4.79 Å². The maximum Gasteiger partial charge on any atom is 0.254 e. The van der Waals surface area contributed by atoms with Crippen molar-refractivity contribution in [2.45, 2.75) is 26.8 Å². The number of carbonyl (C=O) groups excluding carboxylic acids is 2. The summed E-state index contributed by atoms with van der Waals surface area (Å²) in [7, 11) is 3.77. The molecule has 8 heteroatoms. The zero-order valence-corrected chi connectivity index (χ0v) is 20.1. The van der Waals surface area contributed by atoms with Gasteiger partial charge in [-0.25, -0.2) is 9.67 Å². The fourth-order valence-electron chi connectivity index (χ4n) is 4.27. The molecule has 33 heavy (non-hydrogen) atoms. The first-order valence-electron chi connectivity index (χ1n) is 11.4. The zero-order chi connectivity index (χ0) is 23.7. The second-order valence-electron chi connectivity index (χ2n) is 9.20. The van der Waals surface area contributed by atoms with E-state index < -0.39 is 0 Å². The zero-order valence-electron chi connectivity index (χ0n) is 20.1. The maximum absolute atomic E-state index is 13.7. The minimum Gasteiger partial charge on any atom is -0.338 e. The number of hydrogen-bond donors (Lipinski definition) is 0. The number of carbonyl (C=O) groups is 2. The lowest BCUT2D eigenvalue weighted by Crippen LogP contribution is -2.52. The van der Waals surface area contributed by atoms with Crippen LogP contribution in [0.4, 0.5) is 0 Å². The number of aryl methyl sites for hydroxylation is 1. The van der Waals surface area contributed by atoms with Crippen molar-refractivity contribution < 1.29 is 9.59 Å². The van der Waals surface area contributed by atoms with Gasteiger partial charge in [0.15, 0.2) is 5.65 Å². The summed E-state index contributed by atoms with van der Waals surface area (Å²) in [4.78, 5) is 36.5. The number of hydrogen-bond acceptors (Lipinski definition) is 5. The van der Waals surface area contributed by atoms with Crippen LogP contribution in [0.25, 0.3) is 22.3 Å². The summed E-state index contributed by atoms with van der Waals surface area (Å²) in [5.41, 5.74) is 4.20. The third-order valence-electron chi connectivity index (χ3n) is 6.08. The molecule has 3 aromatic rings. The molecule has 0 radical (unpaired) electrons.